The molecule has 6 nitrogen and oxygen atoms in total. The van der Waals surface area contributed by atoms with Gasteiger partial charge in [-0.3, -0.25) is 9.59 Å². The van der Waals surface area contributed by atoms with Crippen LogP contribution in [0.3, 0.4) is 0 Å². The Hall–Kier alpha value is -2.03. The summed E-state index contributed by atoms with van der Waals surface area (Å²) in [4.78, 5) is 26.5. The molecular formula is C12H18N4O2. The van der Waals surface area contributed by atoms with Gasteiger partial charge in [0.25, 0.3) is 5.91 Å². The minimum atomic E-state index is -0.276. The van der Waals surface area contributed by atoms with Gasteiger partial charge in [-0.1, -0.05) is 0 Å². The van der Waals surface area contributed by atoms with Crippen molar-refractivity contribution in [2.24, 2.45) is 0 Å². The van der Waals surface area contributed by atoms with Gasteiger partial charge < -0.3 is 15.1 Å². The Labute approximate surface area is 107 Å². The van der Waals surface area contributed by atoms with E-state index in [9.17, 15) is 9.59 Å². The van der Waals surface area contributed by atoms with Crippen LogP contribution in [0, 0.1) is 11.3 Å². The molecule has 1 rings (SSSR count). The Kier molecular flexibility index (Phi) is 5.18. The maximum absolute atomic E-state index is 12.0. The van der Waals surface area contributed by atoms with Crippen LogP contribution in [-0.4, -0.2) is 54.3 Å². The second kappa shape index (κ2) is 6.64. The number of nitriles is 1. The molecule has 2 amide bonds. The first kappa shape index (κ1) is 14.0. The van der Waals surface area contributed by atoms with Crippen molar-refractivity contribution in [2.75, 3.05) is 32.7 Å². The van der Waals surface area contributed by atoms with Crippen molar-refractivity contribution >= 4 is 11.8 Å². The molecule has 1 aliphatic rings. The van der Waals surface area contributed by atoms with E-state index in [2.05, 4.69) is 5.32 Å². The molecule has 0 aliphatic carbocycles. The molecule has 1 heterocycles. The predicted molar refractivity (Wildman–Crippen MR) is 66.2 cm³/mol. The van der Waals surface area contributed by atoms with Gasteiger partial charge in [0.05, 0.1) is 0 Å². The summed E-state index contributed by atoms with van der Waals surface area (Å²) in [6.45, 7) is 6.08. The molecule has 0 atom stereocenters. The summed E-state index contributed by atoms with van der Waals surface area (Å²) in [5.41, 5.74) is 0.105. The summed E-state index contributed by atoms with van der Waals surface area (Å²) in [5, 5.41) is 11.8. The van der Waals surface area contributed by atoms with E-state index in [1.807, 2.05) is 13.0 Å². The third kappa shape index (κ3) is 3.48. The van der Waals surface area contributed by atoms with Crippen molar-refractivity contribution in [3.8, 4) is 6.07 Å². The standard InChI is InChI=1S/C12H18N4O2/c1-3-14-9-11(8-13)12(18)16-6-4-15(5-7-16)10(2)17/h9,14H,3-7H2,1-2H3/b11-9-. The molecule has 1 saturated heterocycles. The van der Waals surface area contributed by atoms with Crippen LogP contribution in [0.2, 0.25) is 0 Å². The molecule has 1 aliphatic heterocycles. The third-order valence-electron chi connectivity index (χ3n) is 2.81. The highest BCUT2D eigenvalue weighted by Gasteiger charge is 2.24. The second-order valence-corrected chi connectivity index (χ2v) is 4.03. The molecule has 0 unspecified atom stereocenters. The molecule has 0 radical (unpaired) electrons. The lowest BCUT2D eigenvalue weighted by Gasteiger charge is -2.34. The van der Waals surface area contributed by atoms with Gasteiger partial charge >= 0.3 is 0 Å². The highest BCUT2D eigenvalue weighted by molar-refractivity contribution is 5.97. The van der Waals surface area contributed by atoms with E-state index in [1.54, 1.807) is 9.80 Å². The maximum Gasteiger partial charge on any atom is 0.266 e. The molecule has 0 aromatic carbocycles. The van der Waals surface area contributed by atoms with Crippen molar-refractivity contribution in [2.45, 2.75) is 13.8 Å². The SMILES string of the molecule is CCN/C=C(/C#N)C(=O)N1CCN(C(C)=O)CC1. The van der Waals surface area contributed by atoms with Gasteiger partial charge in [-0.25, -0.2) is 0 Å². The summed E-state index contributed by atoms with van der Waals surface area (Å²) in [7, 11) is 0. The number of nitrogens with one attached hydrogen (secondary N) is 1. The Bertz CT molecular complexity index is 389. The monoisotopic (exact) mass is 250 g/mol. The summed E-state index contributed by atoms with van der Waals surface area (Å²) >= 11 is 0. The zero-order valence-electron chi connectivity index (χ0n) is 10.8. The number of piperazine rings is 1. The van der Waals surface area contributed by atoms with Gasteiger partial charge in [0, 0.05) is 45.8 Å². The van der Waals surface area contributed by atoms with Crippen molar-refractivity contribution < 1.29 is 9.59 Å². The average Bonchev–Trinajstić information content (AvgIpc) is 2.39. The topological polar surface area (TPSA) is 76.4 Å². The minimum absolute atomic E-state index is 0.0193. The van der Waals surface area contributed by atoms with Crippen molar-refractivity contribution in [1.29, 1.82) is 5.26 Å². The Morgan fingerprint density at radius 2 is 1.83 bits per heavy atom. The third-order valence-corrected chi connectivity index (χ3v) is 2.81. The molecular weight excluding hydrogens is 232 g/mol. The Morgan fingerprint density at radius 3 is 2.28 bits per heavy atom. The molecule has 1 fully saturated rings. The molecule has 6 heteroatoms. The molecule has 0 spiro atoms. The molecule has 0 saturated carbocycles. The van der Waals surface area contributed by atoms with Crippen molar-refractivity contribution in [3.05, 3.63) is 11.8 Å². The van der Waals surface area contributed by atoms with E-state index in [0.717, 1.165) is 0 Å². The molecule has 18 heavy (non-hydrogen) atoms. The summed E-state index contributed by atoms with van der Waals surface area (Å²) in [6, 6.07) is 1.89. The number of hydrogen-bond donors (Lipinski definition) is 1. The Balaban J connectivity index is 2.59. The first-order valence-electron chi connectivity index (χ1n) is 5.98. The summed E-state index contributed by atoms with van der Waals surface area (Å²) in [6.07, 6.45) is 1.44. The second-order valence-electron chi connectivity index (χ2n) is 4.03. The Morgan fingerprint density at radius 1 is 1.28 bits per heavy atom. The van der Waals surface area contributed by atoms with E-state index in [-0.39, 0.29) is 17.4 Å². The smallest absolute Gasteiger partial charge is 0.266 e. The lowest BCUT2D eigenvalue weighted by molar-refractivity contribution is -0.136. The number of amides is 2. The average molecular weight is 250 g/mol. The zero-order chi connectivity index (χ0) is 13.5. The summed E-state index contributed by atoms with van der Waals surface area (Å²) in [5.74, 6) is -0.257. The first-order valence-corrected chi connectivity index (χ1v) is 5.98. The fourth-order valence-electron chi connectivity index (χ4n) is 1.74. The fourth-order valence-corrected chi connectivity index (χ4v) is 1.74. The normalized spacial score (nSPS) is 16.2. The number of nitrogens with zero attached hydrogens (tertiary/aromatic N) is 3. The number of carbonyl (C=O) groups excluding carboxylic acids is 2. The van der Waals surface area contributed by atoms with Gasteiger partial charge in [-0.15, -0.1) is 0 Å². The van der Waals surface area contributed by atoms with Crippen LogP contribution >= 0.6 is 0 Å². The van der Waals surface area contributed by atoms with Gasteiger partial charge in [-0.05, 0) is 6.92 Å². The van der Waals surface area contributed by atoms with Crippen LogP contribution in [0.4, 0.5) is 0 Å². The quantitative estimate of drug-likeness (QED) is 0.551. The zero-order valence-corrected chi connectivity index (χ0v) is 10.8. The van der Waals surface area contributed by atoms with Crippen LogP contribution in [0.5, 0.6) is 0 Å². The fraction of sp³-hybridized carbons (Fsp3) is 0.583. The first-order chi connectivity index (χ1) is 8.60. The van der Waals surface area contributed by atoms with E-state index < -0.39 is 0 Å². The minimum Gasteiger partial charge on any atom is -0.390 e. The van der Waals surface area contributed by atoms with Crippen molar-refractivity contribution in [3.63, 3.8) is 0 Å². The van der Waals surface area contributed by atoms with E-state index in [1.165, 1.54) is 13.1 Å². The van der Waals surface area contributed by atoms with Crippen LogP contribution in [0.25, 0.3) is 0 Å². The van der Waals surface area contributed by atoms with E-state index in [4.69, 9.17) is 5.26 Å². The largest absolute Gasteiger partial charge is 0.390 e. The number of rotatable bonds is 3. The molecule has 0 aromatic rings. The highest BCUT2D eigenvalue weighted by atomic mass is 16.2. The van der Waals surface area contributed by atoms with Gasteiger partial charge in [-0.2, -0.15) is 5.26 Å². The molecule has 0 aromatic heterocycles. The molecule has 0 bridgehead atoms. The lowest BCUT2D eigenvalue weighted by atomic mass is 10.2. The van der Waals surface area contributed by atoms with Crippen LogP contribution < -0.4 is 5.32 Å². The maximum atomic E-state index is 12.0. The van der Waals surface area contributed by atoms with E-state index >= 15 is 0 Å². The lowest BCUT2D eigenvalue weighted by Crippen LogP contribution is -2.50. The van der Waals surface area contributed by atoms with Gasteiger partial charge in [0.2, 0.25) is 5.91 Å². The van der Waals surface area contributed by atoms with Crippen LogP contribution in [0.1, 0.15) is 13.8 Å². The number of carbonyl (C=O) groups is 2. The molecule has 98 valence electrons. The van der Waals surface area contributed by atoms with Crippen molar-refractivity contribution in [1.82, 2.24) is 15.1 Å². The van der Waals surface area contributed by atoms with Crippen LogP contribution in [0.15, 0.2) is 11.8 Å². The summed E-state index contributed by atoms with van der Waals surface area (Å²) < 4.78 is 0. The number of hydrogen-bond acceptors (Lipinski definition) is 4. The predicted octanol–water partition coefficient (Wildman–Crippen LogP) is -0.306. The van der Waals surface area contributed by atoms with Gasteiger partial charge in [0.15, 0.2) is 0 Å². The molecule has 1 N–H and O–H groups in total. The van der Waals surface area contributed by atoms with Crippen LogP contribution in [-0.2, 0) is 9.59 Å². The highest BCUT2D eigenvalue weighted by Crippen LogP contribution is 2.06. The van der Waals surface area contributed by atoms with Gasteiger partial charge in [0.1, 0.15) is 11.6 Å². The van der Waals surface area contributed by atoms with E-state index in [0.29, 0.717) is 32.7 Å².